The molecule has 0 aromatic heterocycles. The van der Waals surface area contributed by atoms with Crippen LogP contribution in [0.1, 0.15) is 16.7 Å². The number of nitrogens with one attached hydrogen (secondary N) is 2. The van der Waals surface area contributed by atoms with Crippen molar-refractivity contribution in [2.24, 2.45) is 0 Å². The van der Waals surface area contributed by atoms with Crippen LogP contribution in [0.25, 0.3) is 0 Å². The maximum Gasteiger partial charge on any atom is 0.408 e. The summed E-state index contributed by atoms with van der Waals surface area (Å²) in [4.78, 5) is 38.0. The first-order chi connectivity index (χ1) is 16.9. The van der Waals surface area contributed by atoms with Gasteiger partial charge < -0.3 is 20.1 Å². The summed E-state index contributed by atoms with van der Waals surface area (Å²) in [5.74, 6) is -1.65. The maximum absolute atomic E-state index is 13.3. The van der Waals surface area contributed by atoms with Crippen LogP contribution in [0.3, 0.4) is 0 Å². The monoisotopic (exact) mass is 478 g/mol. The van der Waals surface area contributed by atoms with Crippen molar-refractivity contribution in [3.63, 3.8) is 0 Å². The second-order valence-corrected chi connectivity index (χ2v) is 7.86. The SMILES string of the molecule is COC(=O)[C@H](Cc1ccc(F)cc1)NC(=O)[C@@H](Cc1ccccc1)NC(=O)OCc1ccccc1. The van der Waals surface area contributed by atoms with E-state index in [4.69, 9.17) is 9.47 Å². The molecule has 0 aliphatic carbocycles. The highest BCUT2D eigenvalue weighted by Gasteiger charge is 2.28. The molecule has 2 amide bonds. The summed E-state index contributed by atoms with van der Waals surface area (Å²) in [6.07, 6.45) is -0.495. The zero-order valence-electron chi connectivity index (χ0n) is 19.3. The molecule has 0 saturated heterocycles. The Morgan fingerprint density at radius 1 is 0.743 bits per heavy atom. The Morgan fingerprint density at radius 3 is 1.89 bits per heavy atom. The molecule has 2 N–H and O–H groups in total. The first kappa shape index (κ1) is 25.4. The number of alkyl carbamates (subject to hydrolysis) is 1. The van der Waals surface area contributed by atoms with E-state index in [0.717, 1.165) is 11.1 Å². The van der Waals surface area contributed by atoms with Gasteiger partial charge >= 0.3 is 12.1 Å². The Balaban J connectivity index is 1.71. The highest BCUT2D eigenvalue weighted by atomic mass is 19.1. The number of carbonyl (C=O) groups is 3. The number of carbonyl (C=O) groups excluding carboxylic acids is 3. The third-order valence-corrected chi connectivity index (χ3v) is 5.26. The molecule has 7 nitrogen and oxygen atoms in total. The maximum atomic E-state index is 13.3. The van der Waals surface area contributed by atoms with Gasteiger partial charge in [-0.2, -0.15) is 0 Å². The minimum absolute atomic E-state index is 0.0434. The second-order valence-electron chi connectivity index (χ2n) is 7.86. The molecule has 3 aromatic carbocycles. The smallest absolute Gasteiger partial charge is 0.408 e. The molecule has 0 bridgehead atoms. The predicted octanol–water partition coefficient (Wildman–Crippen LogP) is 3.56. The van der Waals surface area contributed by atoms with Crippen LogP contribution in [0, 0.1) is 5.82 Å². The first-order valence-electron chi connectivity index (χ1n) is 11.1. The fourth-order valence-corrected chi connectivity index (χ4v) is 3.43. The van der Waals surface area contributed by atoms with E-state index in [-0.39, 0.29) is 19.4 Å². The second kappa shape index (κ2) is 12.9. The number of esters is 1. The van der Waals surface area contributed by atoms with E-state index >= 15 is 0 Å². The topological polar surface area (TPSA) is 93.7 Å². The molecule has 8 heteroatoms. The summed E-state index contributed by atoms with van der Waals surface area (Å²) in [6.45, 7) is 0.0434. The Bertz CT molecular complexity index is 1110. The van der Waals surface area contributed by atoms with E-state index in [2.05, 4.69) is 10.6 Å². The molecule has 0 spiro atoms. The molecule has 0 aliphatic heterocycles. The van der Waals surface area contributed by atoms with E-state index in [1.165, 1.54) is 31.4 Å². The third kappa shape index (κ3) is 8.26. The van der Waals surface area contributed by atoms with Crippen molar-refractivity contribution in [2.75, 3.05) is 7.11 Å². The van der Waals surface area contributed by atoms with Crippen molar-refractivity contribution in [1.29, 1.82) is 0 Å². The average molecular weight is 479 g/mol. The molecule has 3 rings (SSSR count). The van der Waals surface area contributed by atoms with Gasteiger partial charge in [-0.15, -0.1) is 0 Å². The summed E-state index contributed by atoms with van der Waals surface area (Å²) in [5.41, 5.74) is 2.25. The van der Waals surface area contributed by atoms with Crippen LogP contribution in [-0.2, 0) is 38.5 Å². The number of hydrogen-bond acceptors (Lipinski definition) is 5. The number of methoxy groups -OCH3 is 1. The molecule has 35 heavy (non-hydrogen) atoms. The molecule has 0 fully saturated rings. The molecule has 0 radical (unpaired) electrons. The molecule has 0 aliphatic rings. The molecule has 3 aromatic rings. The van der Waals surface area contributed by atoms with Crippen molar-refractivity contribution in [3.8, 4) is 0 Å². The summed E-state index contributed by atoms with van der Waals surface area (Å²) < 4.78 is 23.4. The minimum Gasteiger partial charge on any atom is -0.467 e. The lowest BCUT2D eigenvalue weighted by Gasteiger charge is -2.22. The van der Waals surface area contributed by atoms with Gasteiger partial charge in [-0.25, -0.2) is 14.0 Å². The lowest BCUT2D eigenvalue weighted by Crippen LogP contribution is -2.53. The third-order valence-electron chi connectivity index (χ3n) is 5.26. The molecule has 0 heterocycles. The van der Waals surface area contributed by atoms with Crippen LogP contribution in [0.5, 0.6) is 0 Å². The largest absolute Gasteiger partial charge is 0.467 e. The number of amides is 2. The minimum atomic E-state index is -1.03. The number of halogens is 1. The summed E-state index contributed by atoms with van der Waals surface area (Å²) in [6, 6.07) is 21.8. The Labute approximate surface area is 203 Å². The summed E-state index contributed by atoms with van der Waals surface area (Å²) in [7, 11) is 1.22. The lowest BCUT2D eigenvalue weighted by molar-refractivity contribution is -0.145. The van der Waals surface area contributed by atoms with Crippen LogP contribution in [0.2, 0.25) is 0 Å². The van der Waals surface area contributed by atoms with Crippen LogP contribution in [0.15, 0.2) is 84.9 Å². The van der Waals surface area contributed by atoms with Gasteiger partial charge in [-0.1, -0.05) is 72.8 Å². The quantitative estimate of drug-likeness (QED) is 0.435. The molecular weight excluding hydrogens is 451 g/mol. The van der Waals surface area contributed by atoms with Crippen molar-refractivity contribution in [3.05, 3.63) is 107 Å². The van der Waals surface area contributed by atoms with Crippen LogP contribution in [0.4, 0.5) is 9.18 Å². The first-order valence-corrected chi connectivity index (χ1v) is 11.1. The number of rotatable bonds is 10. The highest BCUT2D eigenvalue weighted by Crippen LogP contribution is 2.09. The Morgan fingerprint density at radius 2 is 1.29 bits per heavy atom. The molecule has 0 unspecified atom stereocenters. The fourth-order valence-electron chi connectivity index (χ4n) is 3.43. The lowest BCUT2D eigenvalue weighted by atomic mass is 10.0. The van der Waals surface area contributed by atoms with Crippen molar-refractivity contribution in [2.45, 2.75) is 31.5 Å². The van der Waals surface area contributed by atoms with E-state index in [1.807, 2.05) is 60.7 Å². The normalized spacial score (nSPS) is 12.2. The number of hydrogen-bond donors (Lipinski definition) is 2. The van der Waals surface area contributed by atoms with Crippen molar-refractivity contribution in [1.82, 2.24) is 10.6 Å². The van der Waals surface area contributed by atoms with Gasteiger partial charge in [-0.05, 0) is 28.8 Å². The van der Waals surface area contributed by atoms with Gasteiger partial charge in [0.1, 0.15) is 24.5 Å². The molecular formula is C27H27FN2O5. The van der Waals surface area contributed by atoms with Gasteiger partial charge in [0.25, 0.3) is 0 Å². The zero-order chi connectivity index (χ0) is 25.0. The average Bonchev–Trinajstić information content (AvgIpc) is 2.88. The van der Waals surface area contributed by atoms with Crippen molar-refractivity contribution < 1.29 is 28.2 Å². The zero-order valence-corrected chi connectivity index (χ0v) is 19.3. The van der Waals surface area contributed by atoms with Crippen LogP contribution < -0.4 is 10.6 Å². The standard InChI is InChI=1S/C27H27FN2O5/c1-34-26(32)24(17-20-12-14-22(28)15-13-20)29-25(31)23(16-19-8-4-2-5-9-19)30-27(33)35-18-21-10-6-3-7-11-21/h2-15,23-24H,16-18H2,1H3,(H,29,31)(H,30,33)/t23-,24+/m1/s1. The van der Waals surface area contributed by atoms with Crippen molar-refractivity contribution >= 4 is 18.0 Å². The highest BCUT2D eigenvalue weighted by molar-refractivity contribution is 5.90. The molecule has 2 atom stereocenters. The van der Waals surface area contributed by atoms with Gasteiger partial charge in [0.15, 0.2) is 0 Å². The van der Waals surface area contributed by atoms with Gasteiger partial charge in [0, 0.05) is 12.8 Å². The van der Waals surface area contributed by atoms with Gasteiger partial charge in [0.2, 0.25) is 5.91 Å². The Hall–Kier alpha value is -4.20. The predicted molar refractivity (Wildman–Crippen MR) is 128 cm³/mol. The molecule has 182 valence electrons. The summed E-state index contributed by atoms with van der Waals surface area (Å²) in [5, 5.41) is 5.25. The van der Waals surface area contributed by atoms with E-state index < -0.39 is 35.9 Å². The van der Waals surface area contributed by atoms with Crippen LogP contribution in [-0.4, -0.2) is 37.2 Å². The Kier molecular flexibility index (Phi) is 9.36. The van der Waals surface area contributed by atoms with Gasteiger partial charge in [0.05, 0.1) is 7.11 Å². The van der Waals surface area contributed by atoms with Crippen LogP contribution >= 0.6 is 0 Å². The number of ether oxygens (including phenoxy) is 2. The number of benzene rings is 3. The summed E-state index contributed by atoms with van der Waals surface area (Å²) >= 11 is 0. The van der Waals surface area contributed by atoms with E-state index in [0.29, 0.717) is 5.56 Å². The fraction of sp³-hybridized carbons (Fsp3) is 0.222. The molecule has 0 saturated carbocycles. The van der Waals surface area contributed by atoms with Gasteiger partial charge in [-0.3, -0.25) is 4.79 Å². The van der Waals surface area contributed by atoms with E-state index in [1.54, 1.807) is 0 Å². The van der Waals surface area contributed by atoms with E-state index in [9.17, 15) is 18.8 Å².